The van der Waals surface area contributed by atoms with Crippen molar-refractivity contribution >= 4 is 17.2 Å². The maximum absolute atomic E-state index is 15.3. The maximum atomic E-state index is 15.3. The second kappa shape index (κ2) is 10.6. The molecule has 204 valence electrons. The van der Waals surface area contributed by atoms with Crippen LogP contribution in [-0.4, -0.2) is 12.9 Å². The first-order chi connectivity index (χ1) is 19.0. The van der Waals surface area contributed by atoms with Gasteiger partial charge in [0.15, 0.2) is 0 Å². The van der Waals surface area contributed by atoms with Crippen LogP contribution in [0, 0.1) is 18.6 Å². The quantitative estimate of drug-likeness (QED) is 0.177. The monoisotopic (exact) mass is 548 g/mol. The normalized spacial score (nSPS) is 14.9. The number of alkyl halides is 3. The minimum Gasteiger partial charge on any atom is -0.502 e. The fourth-order valence-electron chi connectivity index (χ4n) is 4.90. The number of methoxy groups -OCH3 is 1. The molecule has 1 unspecified atom stereocenters. The van der Waals surface area contributed by atoms with Crippen LogP contribution in [0.15, 0.2) is 102 Å². The van der Waals surface area contributed by atoms with Crippen LogP contribution in [-0.2, 0) is 10.9 Å². The van der Waals surface area contributed by atoms with Crippen LogP contribution in [0.1, 0.15) is 34.7 Å². The van der Waals surface area contributed by atoms with E-state index in [4.69, 9.17) is 4.74 Å². The van der Waals surface area contributed by atoms with Gasteiger partial charge in [-0.05, 0) is 60.0 Å². The van der Waals surface area contributed by atoms with Crippen molar-refractivity contribution in [2.75, 3.05) is 12.0 Å². The van der Waals surface area contributed by atoms with Crippen molar-refractivity contribution in [1.82, 2.24) is 0 Å². The molecular formula is C32H25F5N2O. The minimum atomic E-state index is -4.57. The van der Waals surface area contributed by atoms with Gasteiger partial charge >= 0.3 is 6.18 Å². The second-order valence-electron chi connectivity index (χ2n) is 9.59. The van der Waals surface area contributed by atoms with Crippen LogP contribution >= 0.6 is 0 Å². The van der Waals surface area contributed by atoms with E-state index in [2.05, 4.69) is 11.6 Å². The van der Waals surface area contributed by atoms with Crippen molar-refractivity contribution in [3.63, 3.8) is 0 Å². The van der Waals surface area contributed by atoms with Crippen LogP contribution in [0.4, 0.5) is 33.3 Å². The van der Waals surface area contributed by atoms with Gasteiger partial charge in [-0.1, -0.05) is 55.1 Å². The molecule has 0 N–H and O–H groups in total. The van der Waals surface area contributed by atoms with Gasteiger partial charge in [-0.3, -0.25) is 0 Å². The molecule has 0 saturated heterocycles. The van der Waals surface area contributed by atoms with Gasteiger partial charge in [0, 0.05) is 23.2 Å². The molecule has 4 aromatic carbocycles. The van der Waals surface area contributed by atoms with E-state index >= 15 is 4.39 Å². The zero-order valence-corrected chi connectivity index (χ0v) is 21.8. The predicted octanol–water partition coefficient (Wildman–Crippen LogP) is 9.15. The number of amidine groups is 1. The summed E-state index contributed by atoms with van der Waals surface area (Å²) in [7, 11) is 1.46. The lowest BCUT2D eigenvalue weighted by Gasteiger charge is -2.39. The summed E-state index contributed by atoms with van der Waals surface area (Å²) in [6, 6.07) is 20.6. The standard InChI is InChI=1S/C32H25F5N2O/c1-19-14-27-29(16-20(2)40-3)39(26-9-5-7-24(18-26)32(35,36)37)31(38-30(27)28(34)15-19)22-12-10-21(11-13-22)23-6-4-8-25(33)17-23/h4-15,17-18,29H,2,16H2,1,3H3. The molecule has 1 atom stereocenters. The first-order valence-corrected chi connectivity index (χ1v) is 12.5. The highest BCUT2D eigenvalue weighted by molar-refractivity contribution is 6.13. The Labute approximate surface area is 228 Å². The average Bonchev–Trinajstić information content (AvgIpc) is 2.92. The van der Waals surface area contributed by atoms with E-state index in [1.165, 1.54) is 31.4 Å². The number of hydrogen-bond acceptors (Lipinski definition) is 3. The molecule has 0 radical (unpaired) electrons. The fraction of sp³-hybridized carbons (Fsp3) is 0.156. The molecule has 1 heterocycles. The van der Waals surface area contributed by atoms with E-state index in [0.29, 0.717) is 28.0 Å². The number of hydrogen-bond donors (Lipinski definition) is 0. The van der Waals surface area contributed by atoms with Crippen LogP contribution < -0.4 is 4.90 Å². The number of anilines is 1. The Balaban J connectivity index is 1.71. The third-order valence-electron chi connectivity index (χ3n) is 6.82. The number of aliphatic imine (C=N–C) groups is 1. The number of aryl methyl sites for hydroxylation is 1. The summed E-state index contributed by atoms with van der Waals surface area (Å²) in [4.78, 5) is 6.33. The third-order valence-corrected chi connectivity index (χ3v) is 6.82. The number of rotatable bonds is 6. The van der Waals surface area contributed by atoms with Gasteiger partial charge in [0.1, 0.15) is 23.2 Å². The summed E-state index contributed by atoms with van der Waals surface area (Å²) in [5.74, 6) is -0.287. The minimum absolute atomic E-state index is 0.104. The molecule has 4 aromatic rings. The molecule has 1 aliphatic heterocycles. The first kappa shape index (κ1) is 27.1. The van der Waals surface area contributed by atoms with E-state index in [1.54, 1.807) is 60.4 Å². The molecule has 0 saturated carbocycles. The molecular weight excluding hydrogens is 523 g/mol. The Morgan fingerprint density at radius 2 is 1.60 bits per heavy atom. The van der Waals surface area contributed by atoms with Crippen molar-refractivity contribution in [3.8, 4) is 11.1 Å². The summed E-state index contributed by atoms with van der Waals surface area (Å²) >= 11 is 0. The summed E-state index contributed by atoms with van der Waals surface area (Å²) in [5.41, 5.74) is 2.59. The van der Waals surface area contributed by atoms with Crippen LogP contribution in [0.2, 0.25) is 0 Å². The Morgan fingerprint density at radius 3 is 2.27 bits per heavy atom. The molecule has 0 aliphatic carbocycles. The lowest BCUT2D eigenvalue weighted by atomic mass is 9.93. The van der Waals surface area contributed by atoms with Gasteiger partial charge in [0.25, 0.3) is 0 Å². The van der Waals surface area contributed by atoms with E-state index in [0.717, 1.165) is 17.7 Å². The molecule has 0 spiro atoms. The molecule has 0 bridgehead atoms. The van der Waals surface area contributed by atoms with Crippen LogP contribution in [0.5, 0.6) is 0 Å². The zero-order chi connectivity index (χ0) is 28.6. The third kappa shape index (κ3) is 5.34. The van der Waals surface area contributed by atoms with E-state index in [9.17, 15) is 17.6 Å². The molecule has 3 nitrogen and oxygen atoms in total. The number of fused-ring (bicyclic) bond motifs is 1. The lowest BCUT2D eigenvalue weighted by Crippen LogP contribution is -2.38. The van der Waals surface area contributed by atoms with Crippen molar-refractivity contribution in [3.05, 3.63) is 131 Å². The Hall–Kier alpha value is -4.46. The zero-order valence-electron chi connectivity index (χ0n) is 21.8. The highest BCUT2D eigenvalue weighted by Crippen LogP contribution is 2.45. The van der Waals surface area contributed by atoms with E-state index < -0.39 is 23.6 Å². The summed E-state index contributed by atoms with van der Waals surface area (Å²) in [5, 5.41) is 0. The second-order valence-corrected chi connectivity index (χ2v) is 9.59. The number of ether oxygens (including phenoxy) is 1. The summed E-state index contributed by atoms with van der Waals surface area (Å²) in [6.45, 7) is 5.67. The summed E-state index contributed by atoms with van der Waals surface area (Å²) < 4.78 is 75.7. The van der Waals surface area contributed by atoms with Gasteiger partial charge in [-0.25, -0.2) is 13.8 Å². The number of halogens is 5. The Morgan fingerprint density at radius 1 is 0.900 bits per heavy atom. The van der Waals surface area contributed by atoms with Crippen molar-refractivity contribution in [1.29, 1.82) is 0 Å². The van der Waals surface area contributed by atoms with Crippen LogP contribution in [0.3, 0.4) is 0 Å². The Kier molecular flexibility index (Phi) is 7.19. The molecule has 40 heavy (non-hydrogen) atoms. The largest absolute Gasteiger partial charge is 0.502 e. The topological polar surface area (TPSA) is 24.8 Å². The van der Waals surface area contributed by atoms with Gasteiger partial charge in [0.05, 0.1) is 24.5 Å². The highest BCUT2D eigenvalue weighted by Gasteiger charge is 2.36. The highest BCUT2D eigenvalue weighted by atomic mass is 19.4. The molecule has 1 aliphatic rings. The predicted molar refractivity (Wildman–Crippen MR) is 147 cm³/mol. The first-order valence-electron chi connectivity index (χ1n) is 12.5. The van der Waals surface area contributed by atoms with Crippen LogP contribution in [0.25, 0.3) is 11.1 Å². The van der Waals surface area contributed by atoms with Gasteiger partial charge in [0.2, 0.25) is 0 Å². The van der Waals surface area contributed by atoms with Crippen molar-refractivity contribution in [2.24, 2.45) is 4.99 Å². The lowest BCUT2D eigenvalue weighted by molar-refractivity contribution is -0.137. The molecule has 5 rings (SSSR count). The number of benzene rings is 4. The van der Waals surface area contributed by atoms with E-state index in [1.807, 2.05) is 0 Å². The molecule has 0 fully saturated rings. The van der Waals surface area contributed by atoms with Crippen molar-refractivity contribution < 1.29 is 26.7 Å². The average molecular weight is 549 g/mol. The van der Waals surface area contributed by atoms with Gasteiger partial charge in [-0.15, -0.1) is 0 Å². The smallest absolute Gasteiger partial charge is 0.416 e. The van der Waals surface area contributed by atoms with Gasteiger partial charge in [-0.2, -0.15) is 13.2 Å². The molecule has 0 aromatic heterocycles. The van der Waals surface area contributed by atoms with Gasteiger partial charge < -0.3 is 9.64 Å². The maximum Gasteiger partial charge on any atom is 0.416 e. The summed E-state index contributed by atoms with van der Waals surface area (Å²) in [6.07, 6.45) is -4.40. The van der Waals surface area contributed by atoms with E-state index in [-0.39, 0.29) is 29.4 Å². The fourth-order valence-corrected chi connectivity index (χ4v) is 4.90. The SMILES string of the molecule is C=C(CC1c2cc(C)cc(F)c2N=C(c2ccc(-c3cccc(F)c3)cc2)N1c1cccc(C(F)(F)F)c1)OC. The molecule has 0 amide bonds. The number of nitrogens with zero attached hydrogens (tertiary/aromatic N) is 2. The van der Waals surface area contributed by atoms with Crippen molar-refractivity contribution in [2.45, 2.75) is 25.6 Å². The Bertz CT molecular complexity index is 1610. The molecule has 8 heteroatoms.